The minimum absolute atomic E-state index is 0.0399. The molecule has 0 aliphatic rings. The van der Waals surface area contributed by atoms with Crippen molar-refractivity contribution in [3.63, 3.8) is 0 Å². The molecule has 1 aromatic rings. The van der Waals surface area contributed by atoms with Crippen LogP contribution in [0.5, 0.6) is 0 Å². The summed E-state index contributed by atoms with van der Waals surface area (Å²) in [6.07, 6.45) is -4.55. The molecule has 3 N–H and O–H groups in total. The third kappa shape index (κ3) is 12.6. The molecule has 0 heterocycles. The molecule has 1 rings (SSSR count). The third-order valence-electron chi connectivity index (χ3n) is 5.73. The van der Waals surface area contributed by atoms with Crippen molar-refractivity contribution in [3.05, 3.63) is 35.1 Å². The summed E-state index contributed by atoms with van der Waals surface area (Å²) in [6.45, 7) is 9.05. The minimum Gasteiger partial charge on any atom is -0.390 e. The number of alkyl halides is 3. The lowest BCUT2D eigenvalue weighted by Gasteiger charge is -2.26. The van der Waals surface area contributed by atoms with Gasteiger partial charge < -0.3 is 15.7 Å². The molecule has 1 aromatic carbocycles. The largest absolute Gasteiger partial charge is 0.416 e. The van der Waals surface area contributed by atoms with Crippen molar-refractivity contribution in [2.45, 2.75) is 78.1 Å². The Hall–Kier alpha value is -1.76. The Kier molecular flexibility index (Phi) is 14.0. The van der Waals surface area contributed by atoms with Gasteiger partial charge in [0.15, 0.2) is 0 Å². The van der Waals surface area contributed by atoms with Crippen LogP contribution in [0.4, 0.5) is 17.6 Å². The lowest BCUT2D eigenvalue weighted by Crippen LogP contribution is -2.49. The Morgan fingerprint density at radius 3 is 2.27 bits per heavy atom. The smallest absolute Gasteiger partial charge is 0.390 e. The van der Waals surface area contributed by atoms with Gasteiger partial charge in [-0.2, -0.15) is 13.2 Å². The van der Waals surface area contributed by atoms with E-state index in [1.165, 1.54) is 4.31 Å². The van der Waals surface area contributed by atoms with Crippen molar-refractivity contribution in [3.8, 4) is 0 Å². The van der Waals surface area contributed by atoms with Crippen molar-refractivity contribution in [1.82, 2.24) is 14.9 Å². The van der Waals surface area contributed by atoms with E-state index in [4.69, 9.17) is 0 Å². The third-order valence-corrected chi connectivity index (χ3v) is 7.60. The average Bonchev–Trinajstić information content (AvgIpc) is 2.79. The van der Waals surface area contributed by atoms with E-state index in [0.29, 0.717) is 44.5 Å². The lowest BCUT2D eigenvalue weighted by molar-refractivity contribution is -0.137. The molecule has 0 aliphatic carbocycles. The topological polar surface area (TPSA) is 98.7 Å². The van der Waals surface area contributed by atoms with Crippen LogP contribution in [0.15, 0.2) is 18.2 Å². The molecule has 0 saturated carbocycles. The van der Waals surface area contributed by atoms with Crippen molar-refractivity contribution in [2.24, 2.45) is 5.92 Å². The first-order valence-electron chi connectivity index (χ1n) is 12.7. The number of nitrogens with one attached hydrogen (secondary N) is 2. The van der Waals surface area contributed by atoms with Crippen molar-refractivity contribution < 1.29 is 35.9 Å². The summed E-state index contributed by atoms with van der Waals surface area (Å²) in [6, 6.07) is 1.01. The second-order valence-electron chi connectivity index (χ2n) is 9.64. The van der Waals surface area contributed by atoms with E-state index in [2.05, 4.69) is 10.6 Å². The second-order valence-corrected chi connectivity index (χ2v) is 11.7. The summed E-state index contributed by atoms with van der Waals surface area (Å²) >= 11 is 0. The highest BCUT2D eigenvalue weighted by Gasteiger charge is 2.32. The van der Waals surface area contributed by atoms with E-state index < -0.39 is 51.4 Å². The Morgan fingerprint density at radius 1 is 1.11 bits per heavy atom. The van der Waals surface area contributed by atoms with Gasteiger partial charge in [0.1, 0.15) is 5.82 Å². The SMILES string of the molecule is CCCN(CCC)S(=O)(=O)CCC(=O)N[C@@H](Cc1cc(F)cc(C(F)(F)F)c1)[C@@H](O)CNCCC(C)C. The number of rotatable bonds is 17. The number of amides is 1. The van der Waals surface area contributed by atoms with Gasteiger partial charge in [-0.1, -0.05) is 27.7 Å². The van der Waals surface area contributed by atoms with E-state index in [9.17, 15) is 35.9 Å². The molecular weight excluding hydrogens is 514 g/mol. The zero-order chi connectivity index (χ0) is 28.2. The number of sulfonamides is 1. The number of aliphatic hydroxyl groups is 1. The predicted octanol–water partition coefficient (Wildman–Crippen LogP) is 3.71. The van der Waals surface area contributed by atoms with Crippen LogP contribution in [-0.2, 0) is 27.4 Å². The molecular formula is C25H41F4N3O4S. The quantitative estimate of drug-likeness (QED) is 0.201. The van der Waals surface area contributed by atoms with Gasteiger partial charge in [0, 0.05) is 26.1 Å². The molecule has 0 aromatic heterocycles. The number of aliphatic hydroxyl groups excluding tert-OH is 1. The van der Waals surface area contributed by atoms with Gasteiger partial charge in [0.25, 0.3) is 0 Å². The van der Waals surface area contributed by atoms with Crippen LogP contribution in [0.1, 0.15) is 64.5 Å². The highest BCUT2D eigenvalue weighted by molar-refractivity contribution is 7.89. The van der Waals surface area contributed by atoms with Crippen LogP contribution in [0.2, 0.25) is 0 Å². The number of benzene rings is 1. The fourth-order valence-corrected chi connectivity index (χ4v) is 5.39. The van der Waals surface area contributed by atoms with Crippen LogP contribution in [0.3, 0.4) is 0 Å². The fraction of sp³-hybridized carbons (Fsp3) is 0.720. The number of hydrogen-bond acceptors (Lipinski definition) is 5. The number of carbonyl (C=O) groups is 1. The second kappa shape index (κ2) is 15.6. The van der Waals surface area contributed by atoms with Crippen molar-refractivity contribution in [2.75, 3.05) is 31.9 Å². The molecule has 37 heavy (non-hydrogen) atoms. The van der Waals surface area contributed by atoms with E-state index in [1.54, 1.807) is 0 Å². The molecule has 0 bridgehead atoms. The van der Waals surface area contributed by atoms with Gasteiger partial charge in [-0.15, -0.1) is 0 Å². The van der Waals surface area contributed by atoms with Crippen molar-refractivity contribution in [1.29, 1.82) is 0 Å². The maximum Gasteiger partial charge on any atom is 0.416 e. The zero-order valence-corrected chi connectivity index (χ0v) is 22.9. The van der Waals surface area contributed by atoms with Crippen LogP contribution in [0, 0.1) is 11.7 Å². The molecule has 0 unspecified atom stereocenters. The molecule has 0 aliphatic heterocycles. The van der Waals surface area contributed by atoms with Gasteiger partial charge >= 0.3 is 6.18 Å². The van der Waals surface area contributed by atoms with Crippen LogP contribution in [-0.4, -0.2) is 67.8 Å². The normalized spacial score (nSPS) is 14.2. The summed E-state index contributed by atoms with van der Waals surface area (Å²) in [5.41, 5.74) is -1.22. The monoisotopic (exact) mass is 555 g/mol. The van der Waals surface area contributed by atoms with Gasteiger partial charge in [-0.25, -0.2) is 17.1 Å². The molecule has 0 radical (unpaired) electrons. The first-order chi connectivity index (χ1) is 17.2. The van der Waals surface area contributed by atoms with Gasteiger partial charge in [0.05, 0.1) is 23.5 Å². The highest BCUT2D eigenvalue weighted by atomic mass is 32.2. The maximum atomic E-state index is 13.9. The first-order valence-corrected chi connectivity index (χ1v) is 14.3. The van der Waals surface area contributed by atoms with Gasteiger partial charge in [0.2, 0.25) is 15.9 Å². The molecule has 0 fully saturated rings. The number of nitrogens with zero attached hydrogens (tertiary/aromatic N) is 1. The minimum atomic E-state index is -4.76. The summed E-state index contributed by atoms with van der Waals surface area (Å²) in [7, 11) is -3.69. The molecule has 2 atom stereocenters. The summed E-state index contributed by atoms with van der Waals surface area (Å²) < 4.78 is 80.0. The Morgan fingerprint density at radius 2 is 1.73 bits per heavy atom. The number of carbonyl (C=O) groups excluding carboxylic acids is 1. The van der Waals surface area contributed by atoms with Crippen LogP contribution in [0.25, 0.3) is 0 Å². The summed E-state index contributed by atoms with van der Waals surface area (Å²) in [5, 5.41) is 16.3. The van der Waals surface area contributed by atoms with Gasteiger partial charge in [-0.3, -0.25) is 4.79 Å². The molecule has 12 heteroatoms. The Balaban J connectivity index is 3.00. The number of hydrogen-bond donors (Lipinski definition) is 3. The summed E-state index contributed by atoms with van der Waals surface area (Å²) in [5.74, 6) is -1.78. The molecule has 214 valence electrons. The number of halogens is 4. The molecule has 7 nitrogen and oxygen atoms in total. The predicted molar refractivity (Wildman–Crippen MR) is 136 cm³/mol. The lowest BCUT2D eigenvalue weighted by atomic mass is 9.98. The standard InChI is InChI=1S/C25H41F4N3O4S/c1-5-10-32(11-6-2)37(35,36)12-8-24(34)31-22(23(33)17-30-9-7-18(3)4)15-19-13-20(25(27,28)29)16-21(26)14-19/h13-14,16,18,22-23,30,33H,5-12,15,17H2,1-4H3,(H,31,34)/t22-,23-/m0/s1. The fourth-order valence-electron chi connectivity index (χ4n) is 3.77. The maximum absolute atomic E-state index is 13.9. The van der Waals surface area contributed by atoms with Crippen molar-refractivity contribution >= 4 is 15.9 Å². The first kappa shape index (κ1) is 33.3. The molecule has 1 amide bonds. The van der Waals surface area contributed by atoms with E-state index in [1.807, 2.05) is 27.7 Å². The Bertz CT molecular complexity index is 936. The van der Waals surface area contributed by atoms with E-state index in [0.717, 1.165) is 18.6 Å². The Labute approximate surface area is 218 Å². The van der Waals surface area contributed by atoms with Crippen LogP contribution >= 0.6 is 0 Å². The summed E-state index contributed by atoms with van der Waals surface area (Å²) in [4.78, 5) is 12.7. The average molecular weight is 556 g/mol. The highest BCUT2D eigenvalue weighted by Crippen LogP contribution is 2.30. The van der Waals surface area contributed by atoms with Gasteiger partial charge in [-0.05, 0) is 61.9 Å². The van der Waals surface area contributed by atoms with Crippen LogP contribution < -0.4 is 10.6 Å². The molecule has 0 spiro atoms. The zero-order valence-electron chi connectivity index (χ0n) is 22.1. The molecule has 0 saturated heterocycles. The van der Waals surface area contributed by atoms with E-state index in [-0.39, 0.29) is 24.9 Å². The van der Waals surface area contributed by atoms with E-state index >= 15 is 0 Å².